The van der Waals surface area contributed by atoms with E-state index in [1.807, 2.05) is 109 Å². The molecule has 0 saturated carbocycles. The Hall–Kier alpha value is -5.18. The van der Waals surface area contributed by atoms with E-state index in [4.69, 9.17) is 4.42 Å². The average molecular weight is 805 g/mol. The van der Waals surface area contributed by atoms with Crippen LogP contribution in [0, 0.1) is 138 Å². The molecule has 14 nitrogen and oxygen atoms in total. The summed E-state index contributed by atoms with van der Waals surface area (Å²) in [7, 11) is 4.00. The van der Waals surface area contributed by atoms with Crippen LogP contribution in [0.4, 0.5) is 0 Å². The number of aryl methyl sites for hydroxylation is 17. The molecule has 0 spiro atoms. The van der Waals surface area contributed by atoms with Crippen molar-refractivity contribution in [1.29, 1.82) is 0 Å². The van der Waals surface area contributed by atoms with Gasteiger partial charge in [0.25, 0.3) is 0 Å². The zero-order valence-electron chi connectivity index (χ0n) is 38.7. The van der Waals surface area contributed by atoms with Crippen LogP contribution >= 0.6 is 11.3 Å². The zero-order chi connectivity index (χ0) is 43.9. The number of hydrogen-bond donors (Lipinski definition) is 2. The summed E-state index contributed by atoms with van der Waals surface area (Å²) in [6.07, 6.45) is 0. The number of rotatable bonds is 0. The number of H-pyrrole nitrogens is 2. The van der Waals surface area contributed by atoms with Crippen LogP contribution in [-0.4, -0.2) is 59.6 Å². The summed E-state index contributed by atoms with van der Waals surface area (Å²) in [5, 5.41) is 15.8. The second-order valence-electron chi connectivity index (χ2n) is 14.0. The van der Waals surface area contributed by atoms with Gasteiger partial charge in [0.15, 0.2) is 11.7 Å². The Bertz CT molecular complexity index is 1960. The molecule has 0 aliphatic carbocycles. The number of nitrogens with zero attached hydrogens (tertiary/aromatic N) is 10. The molecule has 15 heteroatoms. The second-order valence-corrected chi connectivity index (χ2v) is 15.4. The van der Waals surface area contributed by atoms with Crippen molar-refractivity contribution in [3.05, 3.63) is 113 Å². The lowest BCUT2D eigenvalue weighted by Gasteiger charge is -1.94. The van der Waals surface area contributed by atoms with Gasteiger partial charge in [-0.15, -0.1) is 11.3 Å². The summed E-state index contributed by atoms with van der Waals surface area (Å²) in [4.78, 5) is 25.0. The van der Waals surface area contributed by atoms with Crippen molar-refractivity contribution in [3.63, 3.8) is 0 Å². The molecule has 0 aliphatic heterocycles. The summed E-state index contributed by atoms with van der Waals surface area (Å²) in [5.74, 6) is 5.07. The molecule has 0 fully saturated rings. The minimum atomic E-state index is 0.623. The van der Waals surface area contributed by atoms with E-state index in [1.165, 1.54) is 49.5 Å². The van der Waals surface area contributed by atoms with Crippen LogP contribution in [0.3, 0.4) is 0 Å². The van der Waals surface area contributed by atoms with Crippen LogP contribution < -0.4 is 0 Å². The maximum atomic E-state index is 5.10. The van der Waals surface area contributed by atoms with Crippen LogP contribution in [0.2, 0.25) is 0 Å². The lowest BCUT2D eigenvalue weighted by Crippen LogP contribution is -1.92. The van der Waals surface area contributed by atoms with E-state index in [0.717, 1.165) is 51.8 Å². The third-order valence-corrected chi connectivity index (χ3v) is 10.3. The van der Waals surface area contributed by atoms with Gasteiger partial charge in [-0.25, -0.2) is 19.9 Å². The minimum absolute atomic E-state index is 0.623. The number of nitrogens with one attached hydrogen (secondary N) is 2. The molecule has 0 amide bonds. The van der Waals surface area contributed by atoms with Crippen molar-refractivity contribution in [2.75, 3.05) is 0 Å². The van der Waals surface area contributed by atoms with Crippen molar-refractivity contribution < 1.29 is 8.94 Å². The third-order valence-electron chi connectivity index (χ3n) is 9.36. The molecule has 0 atom stereocenters. The number of hydrogen-bond acceptors (Lipinski definition) is 11. The van der Waals surface area contributed by atoms with E-state index in [-0.39, 0.29) is 0 Å². The molecule has 7 rings (SSSR count). The summed E-state index contributed by atoms with van der Waals surface area (Å²) < 4.78 is 13.7. The molecule has 0 saturated heterocycles. The number of aromatic amines is 2. The summed E-state index contributed by atoms with van der Waals surface area (Å²) in [6, 6.07) is 0. The molecule has 2 N–H and O–H groups in total. The van der Waals surface area contributed by atoms with Gasteiger partial charge in [0.05, 0.1) is 39.2 Å². The Morgan fingerprint density at radius 1 is 0.544 bits per heavy atom. The molecular formula is C42H68N12O2S. The van der Waals surface area contributed by atoms with Gasteiger partial charge in [0.2, 0.25) is 5.89 Å². The van der Waals surface area contributed by atoms with Crippen molar-refractivity contribution in [2.24, 2.45) is 14.1 Å². The molecule has 0 unspecified atom stereocenters. The first-order chi connectivity index (χ1) is 26.3. The Balaban J connectivity index is 0.000000333. The number of thiazole rings is 1. The maximum Gasteiger partial charge on any atom is 0.223 e. The lowest BCUT2D eigenvalue weighted by atomic mass is 10.2. The van der Waals surface area contributed by atoms with Gasteiger partial charge in [-0.05, 0) is 136 Å². The van der Waals surface area contributed by atoms with Crippen LogP contribution in [0.1, 0.15) is 113 Å². The first kappa shape index (κ1) is 49.8. The summed E-state index contributed by atoms with van der Waals surface area (Å²) in [6.45, 7) is 39.8. The van der Waals surface area contributed by atoms with Crippen LogP contribution in [0.5, 0.6) is 0 Å². The van der Waals surface area contributed by atoms with Crippen LogP contribution in [0.25, 0.3) is 0 Å². The van der Waals surface area contributed by atoms with E-state index in [1.54, 1.807) is 25.2 Å². The fourth-order valence-corrected chi connectivity index (χ4v) is 5.58. The van der Waals surface area contributed by atoms with E-state index in [9.17, 15) is 0 Å². The van der Waals surface area contributed by atoms with Crippen molar-refractivity contribution >= 4 is 11.3 Å². The molecule has 0 bridgehead atoms. The smallest absolute Gasteiger partial charge is 0.223 e. The van der Waals surface area contributed by atoms with Gasteiger partial charge < -0.3 is 18.5 Å². The first-order valence-electron chi connectivity index (χ1n) is 18.8. The Kier molecular flexibility index (Phi) is 20.2. The lowest BCUT2D eigenvalue weighted by molar-refractivity contribution is 0.389. The van der Waals surface area contributed by atoms with Gasteiger partial charge in [-0.1, -0.05) is 5.16 Å². The van der Waals surface area contributed by atoms with Gasteiger partial charge in [0.1, 0.15) is 17.4 Å². The fraction of sp³-hybridized carbons (Fsp3) is 0.524. The predicted octanol–water partition coefficient (Wildman–Crippen LogP) is 9.72. The normalized spacial score (nSPS) is 9.93. The van der Waals surface area contributed by atoms with Crippen molar-refractivity contribution in [2.45, 2.75) is 138 Å². The SMILES string of the molecule is Cc1n[nH]c(C)c1C.Cc1nc(C)c(C)[nH]1.Cc1nc(C)c(C)o1.Cc1nc(C)c(C)s1.Cc1nc(C)n(C)c1C.Cc1nn(C)c(C)c1C.Cc1noc(C)n1. The molecular weight excluding hydrogens is 737 g/mol. The largest absolute Gasteiger partial charge is 0.446 e. The Morgan fingerprint density at radius 3 is 1.28 bits per heavy atom. The van der Waals surface area contributed by atoms with Crippen LogP contribution in [-0.2, 0) is 14.1 Å². The molecule has 7 aromatic heterocycles. The molecule has 7 aromatic rings. The number of imidazole rings is 2. The Morgan fingerprint density at radius 2 is 1.16 bits per heavy atom. The van der Waals surface area contributed by atoms with Gasteiger partial charge >= 0.3 is 0 Å². The van der Waals surface area contributed by atoms with Gasteiger partial charge in [0, 0.05) is 55.6 Å². The third kappa shape index (κ3) is 16.8. The maximum absolute atomic E-state index is 5.10. The standard InChI is InChI=1S/2C7H12N2.2C6H10N2.C6H9NO.C6H9NS.C4H6N2O/c1-5-6(2)9(4)7(3)8-5;1-5-6(2)8-9(4)7(5)3;1-4-5(2)8-6(3)7-4;1-4-5(2)7-8-6(4)3;2*1-4-5(2)8-6(3)7-4;1-3-5-4(2)7-6-3/h2*1-4H3;2*1-3H3,(H,7,8);2*1-3H3;1-2H3. The predicted molar refractivity (Wildman–Crippen MR) is 231 cm³/mol. The first-order valence-corrected chi connectivity index (χ1v) is 19.7. The highest BCUT2D eigenvalue weighted by Crippen LogP contribution is 2.14. The quantitative estimate of drug-likeness (QED) is 0.150. The second kappa shape index (κ2) is 23.1. The average Bonchev–Trinajstić information content (AvgIpc) is 3.97. The minimum Gasteiger partial charge on any atom is -0.446 e. The van der Waals surface area contributed by atoms with E-state index < -0.39 is 0 Å². The molecule has 0 radical (unpaired) electrons. The van der Waals surface area contributed by atoms with Gasteiger partial charge in [-0.2, -0.15) is 15.2 Å². The highest BCUT2D eigenvalue weighted by atomic mass is 32.1. The van der Waals surface area contributed by atoms with Crippen molar-refractivity contribution in [1.82, 2.24) is 59.6 Å². The fourth-order valence-electron chi connectivity index (χ4n) is 4.76. The number of aromatic nitrogens is 12. The van der Waals surface area contributed by atoms with E-state index >= 15 is 0 Å². The topological polar surface area (TPSA) is 171 Å². The molecule has 7 heterocycles. The molecule has 314 valence electrons. The highest BCUT2D eigenvalue weighted by molar-refractivity contribution is 7.11. The Labute approximate surface area is 344 Å². The summed E-state index contributed by atoms with van der Waals surface area (Å²) in [5.41, 5.74) is 14.1. The number of oxazole rings is 1. The zero-order valence-corrected chi connectivity index (χ0v) is 39.5. The molecule has 0 aromatic carbocycles. The van der Waals surface area contributed by atoms with E-state index in [2.05, 4.69) is 94.1 Å². The molecule has 57 heavy (non-hydrogen) atoms. The summed E-state index contributed by atoms with van der Waals surface area (Å²) >= 11 is 1.76. The monoisotopic (exact) mass is 805 g/mol. The van der Waals surface area contributed by atoms with Crippen molar-refractivity contribution in [3.8, 4) is 0 Å². The molecule has 0 aliphatic rings. The van der Waals surface area contributed by atoms with Gasteiger partial charge in [-0.3, -0.25) is 9.78 Å². The van der Waals surface area contributed by atoms with Crippen LogP contribution in [0.15, 0.2) is 8.94 Å². The highest BCUT2D eigenvalue weighted by Gasteiger charge is 2.03. The van der Waals surface area contributed by atoms with E-state index in [0.29, 0.717) is 11.7 Å².